The van der Waals surface area contributed by atoms with E-state index in [2.05, 4.69) is 20.8 Å². The van der Waals surface area contributed by atoms with Crippen molar-refractivity contribution in [2.45, 2.75) is 38.5 Å². The lowest BCUT2D eigenvalue weighted by Gasteiger charge is -2.22. The van der Waals surface area contributed by atoms with Gasteiger partial charge in [-0.1, -0.05) is 49.3 Å². The molecule has 0 aliphatic rings. The Balaban J connectivity index is 1.71. The van der Waals surface area contributed by atoms with Crippen molar-refractivity contribution in [3.63, 3.8) is 0 Å². The molecule has 0 bridgehead atoms. The van der Waals surface area contributed by atoms with Gasteiger partial charge in [0.1, 0.15) is 5.82 Å². The van der Waals surface area contributed by atoms with Crippen molar-refractivity contribution in [1.29, 1.82) is 0 Å². The molecule has 0 fully saturated rings. The third kappa shape index (κ3) is 6.33. The predicted molar refractivity (Wildman–Crippen MR) is 128 cm³/mol. The molecule has 3 aromatic rings. The summed E-state index contributed by atoms with van der Waals surface area (Å²) in [6, 6.07) is 12.0. The molecule has 33 heavy (non-hydrogen) atoms. The number of nitrogens with zero attached hydrogens (tertiary/aromatic N) is 3. The van der Waals surface area contributed by atoms with Gasteiger partial charge in [-0.25, -0.2) is 4.39 Å². The van der Waals surface area contributed by atoms with E-state index in [-0.39, 0.29) is 29.3 Å². The van der Waals surface area contributed by atoms with E-state index in [1.54, 1.807) is 24.3 Å². The van der Waals surface area contributed by atoms with Crippen LogP contribution in [-0.4, -0.2) is 32.3 Å². The maximum absolute atomic E-state index is 13.0. The zero-order chi connectivity index (χ0) is 24.0. The zero-order valence-corrected chi connectivity index (χ0v) is 20.1. The summed E-state index contributed by atoms with van der Waals surface area (Å²) in [6.07, 6.45) is 0. The molecule has 1 heterocycles. The summed E-state index contributed by atoms with van der Waals surface area (Å²) in [5.41, 5.74) is 0.904. The minimum absolute atomic E-state index is 0.0329. The normalized spacial score (nSPS) is 11.9. The number of hydrogen-bond acceptors (Lipinski definition) is 5. The van der Waals surface area contributed by atoms with E-state index in [0.29, 0.717) is 33.8 Å². The van der Waals surface area contributed by atoms with Crippen LogP contribution in [0.5, 0.6) is 0 Å². The van der Waals surface area contributed by atoms with Gasteiger partial charge in [-0.3, -0.25) is 9.59 Å². The molecule has 0 radical (unpaired) electrons. The molecule has 0 saturated heterocycles. The fraction of sp³-hybridized carbons (Fsp3) is 0.304. The molecule has 7 nitrogen and oxygen atoms in total. The SMILES string of the molecule is CCn1c(SCC(=O)Nc2ccc(F)cc2)nnc1C(NC(=O)c1ccccc1Cl)C(C)C. The van der Waals surface area contributed by atoms with Crippen LogP contribution < -0.4 is 10.6 Å². The molecule has 0 spiro atoms. The second-order valence-corrected chi connectivity index (χ2v) is 8.95. The minimum atomic E-state index is -0.399. The van der Waals surface area contributed by atoms with Gasteiger partial charge in [0.25, 0.3) is 5.91 Å². The number of nitrogens with one attached hydrogen (secondary N) is 2. The number of aromatic nitrogens is 3. The van der Waals surface area contributed by atoms with Gasteiger partial charge < -0.3 is 15.2 Å². The van der Waals surface area contributed by atoms with Gasteiger partial charge in [0.2, 0.25) is 5.91 Å². The highest BCUT2D eigenvalue weighted by atomic mass is 35.5. The van der Waals surface area contributed by atoms with Gasteiger partial charge in [-0.2, -0.15) is 0 Å². The van der Waals surface area contributed by atoms with Gasteiger partial charge in [0, 0.05) is 12.2 Å². The average molecular weight is 490 g/mol. The molecular weight excluding hydrogens is 465 g/mol. The molecule has 10 heteroatoms. The topological polar surface area (TPSA) is 88.9 Å². The van der Waals surface area contributed by atoms with E-state index in [4.69, 9.17) is 11.6 Å². The minimum Gasteiger partial charge on any atom is -0.342 e. The quantitative estimate of drug-likeness (QED) is 0.415. The molecule has 1 unspecified atom stereocenters. The highest BCUT2D eigenvalue weighted by Crippen LogP contribution is 2.26. The highest BCUT2D eigenvalue weighted by Gasteiger charge is 2.26. The summed E-state index contributed by atoms with van der Waals surface area (Å²) in [7, 11) is 0. The fourth-order valence-electron chi connectivity index (χ4n) is 3.19. The molecule has 2 N–H and O–H groups in total. The van der Waals surface area contributed by atoms with Crippen molar-refractivity contribution in [3.8, 4) is 0 Å². The zero-order valence-electron chi connectivity index (χ0n) is 18.5. The Morgan fingerprint density at radius 2 is 1.82 bits per heavy atom. The largest absolute Gasteiger partial charge is 0.342 e. The number of amides is 2. The summed E-state index contributed by atoms with van der Waals surface area (Å²) in [4.78, 5) is 25.1. The number of thioether (sulfide) groups is 1. The Bertz CT molecular complexity index is 1120. The molecule has 1 aromatic heterocycles. The monoisotopic (exact) mass is 489 g/mol. The fourth-order valence-corrected chi connectivity index (χ4v) is 4.22. The first-order chi connectivity index (χ1) is 15.8. The molecule has 3 rings (SSSR count). The van der Waals surface area contributed by atoms with Crippen molar-refractivity contribution in [3.05, 3.63) is 70.8 Å². The molecule has 0 saturated carbocycles. The number of anilines is 1. The van der Waals surface area contributed by atoms with E-state index < -0.39 is 6.04 Å². The number of carbonyl (C=O) groups is 2. The first-order valence-corrected chi connectivity index (χ1v) is 11.8. The lowest BCUT2D eigenvalue weighted by molar-refractivity contribution is -0.113. The molecule has 0 aliphatic carbocycles. The van der Waals surface area contributed by atoms with Gasteiger partial charge in [0.05, 0.1) is 22.4 Å². The van der Waals surface area contributed by atoms with Crippen LogP contribution >= 0.6 is 23.4 Å². The van der Waals surface area contributed by atoms with Gasteiger partial charge >= 0.3 is 0 Å². The summed E-state index contributed by atoms with van der Waals surface area (Å²) >= 11 is 7.41. The second-order valence-electron chi connectivity index (χ2n) is 7.60. The Morgan fingerprint density at radius 3 is 2.45 bits per heavy atom. The molecule has 0 aliphatic heterocycles. The standard InChI is InChI=1S/C23H25ClFN5O2S/c1-4-30-21(20(14(2)3)27-22(32)17-7-5-6-8-18(17)24)28-29-23(30)33-13-19(31)26-16-11-9-15(25)10-12-16/h5-12,14,20H,4,13H2,1-3H3,(H,26,31)(H,27,32). The molecule has 2 amide bonds. The maximum Gasteiger partial charge on any atom is 0.253 e. The number of carbonyl (C=O) groups excluding carboxylic acids is 2. The molecule has 2 aromatic carbocycles. The third-order valence-electron chi connectivity index (χ3n) is 4.87. The van der Waals surface area contributed by atoms with Crippen molar-refractivity contribution >= 4 is 40.9 Å². The smallest absolute Gasteiger partial charge is 0.253 e. The summed E-state index contributed by atoms with van der Waals surface area (Å²) in [6.45, 7) is 6.47. The van der Waals surface area contributed by atoms with Crippen LogP contribution in [0.25, 0.3) is 0 Å². The molecular formula is C23H25ClFN5O2S. The highest BCUT2D eigenvalue weighted by molar-refractivity contribution is 7.99. The number of halogens is 2. The van der Waals surface area contributed by atoms with Crippen LogP contribution in [0.1, 0.15) is 43.0 Å². The second kappa shape index (κ2) is 11.3. The summed E-state index contributed by atoms with van der Waals surface area (Å²) in [5, 5.41) is 15.2. The van der Waals surface area contributed by atoms with Crippen molar-refractivity contribution in [1.82, 2.24) is 20.1 Å². The van der Waals surface area contributed by atoms with Crippen LogP contribution in [0.3, 0.4) is 0 Å². The van der Waals surface area contributed by atoms with Crippen LogP contribution in [0, 0.1) is 11.7 Å². The Kier molecular flexibility index (Phi) is 8.46. The third-order valence-corrected chi connectivity index (χ3v) is 6.17. The van der Waals surface area contributed by atoms with Crippen molar-refractivity contribution < 1.29 is 14.0 Å². The maximum atomic E-state index is 13.0. The first kappa shape index (κ1) is 24.7. The number of benzene rings is 2. The summed E-state index contributed by atoms with van der Waals surface area (Å²) < 4.78 is 14.9. The van der Waals surface area contributed by atoms with E-state index >= 15 is 0 Å². The summed E-state index contributed by atoms with van der Waals surface area (Å²) in [5.74, 6) is -0.162. The Hall–Kier alpha value is -2.91. The predicted octanol–water partition coefficient (Wildman–Crippen LogP) is 4.95. The van der Waals surface area contributed by atoms with Gasteiger partial charge in [0.15, 0.2) is 11.0 Å². The Labute approximate surface area is 201 Å². The molecule has 174 valence electrons. The van der Waals surface area contributed by atoms with E-state index in [0.717, 1.165) is 0 Å². The van der Waals surface area contributed by atoms with Crippen LogP contribution in [-0.2, 0) is 11.3 Å². The first-order valence-electron chi connectivity index (χ1n) is 10.5. The Morgan fingerprint density at radius 1 is 1.12 bits per heavy atom. The van der Waals surface area contributed by atoms with Crippen LogP contribution in [0.2, 0.25) is 5.02 Å². The lowest BCUT2D eigenvalue weighted by Crippen LogP contribution is -2.34. The number of hydrogen-bond donors (Lipinski definition) is 2. The van der Waals surface area contributed by atoms with Crippen molar-refractivity contribution in [2.24, 2.45) is 5.92 Å². The van der Waals surface area contributed by atoms with E-state index in [1.165, 1.54) is 36.0 Å². The van der Waals surface area contributed by atoms with Crippen LogP contribution in [0.4, 0.5) is 10.1 Å². The van der Waals surface area contributed by atoms with Crippen LogP contribution in [0.15, 0.2) is 53.7 Å². The van der Waals surface area contributed by atoms with E-state index in [9.17, 15) is 14.0 Å². The lowest BCUT2D eigenvalue weighted by atomic mass is 10.0. The van der Waals surface area contributed by atoms with Gasteiger partial charge in [-0.05, 0) is 49.2 Å². The average Bonchev–Trinajstić information content (AvgIpc) is 3.20. The van der Waals surface area contributed by atoms with Crippen molar-refractivity contribution in [2.75, 3.05) is 11.1 Å². The van der Waals surface area contributed by atoms with Gasteiger partial charge in [-0.15, -0.1) is 10.2 Å². The molecule has 1 atom stereocenters. The number of rotatable bonds is 9. The van der Waals surface area contributed by atoms with E-state index in [1.807, 2.05) is 25.3 Å².